The second-order valence-electron chi connectivity index (χ2n) is 3.56. The monoisotopic (exact) mass is 234 g/mol. The number of hydrogen-bond acceptors (Lipinski definition) is 5. The average molecular weight is 234 g/mol. The molecular formula is C11H14N4S. The van der Waals surface area contributed by atoms with Gasteiger partial charge in [-0.15, -0.1) is 0 Å². The first kappa shape index (κ1) is 11.2. The third kappa shape index (κ3) is 2.43. The molecule has 0 radical (unpaired) electrons. The predicted molar refractivity (Wildman–Crippen MR) is 64.4 cm³/mol. The summed E-state index contributed by atoms with van der Waals surface area (Å²) in [5.74, 6) is 0. The van der Waals surface area contributed by atoms with Crippen molar-refractivity contribution in [1.29, 1.82) is 0 Å². The van der Waals surface area contributed by atoms with Gasteiger partial charge in [0.25, 0.3) is 0 Å². The number of nitrogens with one attached hydrogen (secondary N) is 1. The Balaban J connectivity index is 2.29. The first-order chi connectivity index (χ1) is 7.81. The highest BCUT2D eigenvalue weighted by Crippen LogP contribution is 2.19. The van der Waals surface area contributed by atoms with Crippen molar-refractivity contribution in [1.82, 2.24) is 19.0 Å². The van der Waals surface area contributed by atoms with Crippen LogP contribution in [0.1, 0.15) is 29.9 Å². The molecule has 0 saturated carbocycles. The maximum atomic E-state index is 4.31. The van der Waals surface area contributed by atoms with Gasteiger partial charge in [0.1, 0.15) is 0 Å². The van der Waals surface area contributed by atoms with E-state index in [0.717, 1.165) is 23.5 Å². The van der Waals surface area contributed by atoms with Crippen LogP contribution in [-0.4, -0.2) is 20.3 Å². The lowest BCUT2D eigenvalue weighted by Gasteiger charge is -2.15. The average Bonchev–Trinajstić information content (AvgIpc) is 2.81. The molecule has 2 aromatic heterocycles. The smallest absolute Gasteiger partial charge is 0.0958 e. The number of rotatable bonds is 4. The molecule has 1 N–H and O–H groups in total. The van der Waals surface area contributed by atoms with Crippen molar-refractivity contribution >= 4 is 11.7 Å². The number of nitrogens with zero attached hydrogens (tertiary/aromatic N) is 3. The summed E-state index contributed by atoms with van der Waals surface area (Å²) in [5, 5.41) is 3.38. The molecule has 0 saturated heterocycles. The van der Waals surface area contributed by atoms with Gasteiger partial charge in [-0.3, -0.25) is 4.98 Å². The van der Waals surface area contributed by atoms with Gasteiger partial charge in [0.15, 0.2) is 0 Å². The molecule has 16 heavy (non-hydrogen) atoms. The summed E-state index contributed by atoms with van der Waals surface area (Å²) in [4.78, 5) is 4.31. The van der Waals surface area contributed by atoms with E-state index in [2.05, 4.69) is 32.0 Å². The Morgan fingerprint density at radius 2 is 2.25 bits per heavy atom. The molecule has 0 fully saturated rings. The van der Waals surface area contributed by atoms with E-state index in [1.165, 1.54) is 11.7 Å². The Morgan fingerprint density at radius 3 is 2.81 bits per heavy atom. The van der Waals surface area contributed by atoms with E-state index in [9.17, 15) is 0 Å². The SMILES string of the molecule is CCNC(c1ccc(C)nc1)c1cnsn1. The van der Waals surface area contributed by atoms with Crippen LogP contribution in [0.3, 0.4) is 0 Å². The first-order valence-corrected chi connectivity index (χ1v) is 5.97. The maximum absolute atomic E-state index is 4.31. The van der Waals surface area contributed by atoms with Crippen LogP contribution < -0.4 is 5.32 Å². The minimum atomic E-state index is 0.0943. The molecular weight excluding hydrogens is 220 g/mol. The van der Waals surface area contributed by atoms with Gasteiger partial charge in [-0.1, -0.05) is 13.0 Å². The van der Waals surface area contributed by atoms with Gasteiger partial charge in [-0.05, 0) is 25.1 Å². The van der Waals surface area contributed by atoms with Crippen LogP contribution >= 0.6 is 11.7 Å². The highest BCUT2D eigenvalue weighted by Gasteiger charge is 2.15. The molecule has 2 rings (SSSR count). The van der Waals surface area contributed by atoms with Crippen molar-refractivity contribution in [3.8, 4) is 0 Å². The summed E-state index contributed by atoms with van der Waals surface area (Å²) >= 11 is 1.23. The van der Waals surface area contributed by atoms with E-state index >= 15 is 0 Å². The number of hydrogen-bond donors (Lipinski definition) is 1. The summed E-state index contributed by atoms with van der Waals surface area (Å²) in [6, 6.07) is 4.19. The van der Waals surface area contributed by atoms with Crippen molar-refractivity contribution in [2.75, 3.05) is 6.54 Å². The fourth-order valence-corrected chi connectivity index (χ4v) is 2.00. The first-order valence-electron chi connectivity index (χ1n) is 5.24. The van der Waals surface area contributed by atoms with E-state index in [1.54, 1.807) is 6.20 Å². The van der Waals surface area contributed by atoms with E-state index in [0.29, 0.717) is 0 Å². The molecule has 1 unspecified atom stereocenters. The molecule has 2 heterocycles. The molecule has 0 aliphatic heterocycles. The Labute approximate surface area is 99.1 Å². The van der Waals surface area contributed by atoms with Crippen LogP contribution in [0.4, 0.5) is 0 Å². The summed E-state index contributed by atoms with van der Waals surface area (Å²) in [5.41, 5.74) is 3.10. The van der Waals surface area contributed by atoms with Crippen LogP contribution in [0, 0.1) is 6.92 Å². The lowest BCUT2D eigenvalue weighted by atomic mass is 10.1. The minimum absolute atomic E-state index is 0.0943. The number of pyridine rings is 1. The predicted octanol–water partition coefficient (Wildman–Crippen LogP) is 1.94. The third-order valence-electron chi connectivity index (χ3n) is 2.35. The quantitative estimate of drug-likeness (QED) is 0.878. The molecule has 0 spiro atoms. The maximum Gasteiger partial charge on any atom is 0.0958 e. The fourth-order valence-electron chi connectivity index (χ4n) is 1.55. The summed E-state index contributed by atoms with van der Waals surface area (Å²) in [7, 11) is 0. The number of aryl methyl sites for hydroxylation is 1. The van der Waals surface area contributed by atoms with E-state index in [-0.39, 0.29) is 6.04 Å². The zero-order chi connectivity index (χ0) is 11.4. The molecule has 1 atom stereocenters. The van der Waals surface area contributed by atoms with Gasteiger partial charge in [-0.2, -0.15) is 8.75 Å². The molecule has 0 aliphatic carbocycles. The number of aromatic nitrogens is 3. The summed E-state index contributed by atoms with van der Waals surface area (Å²) in [6.45, 7) is 4.95. The molecule has 0 aromatic carbocycles. The Kier molecular flexibility index (Phi) is 3.58. The van der Waals surface area contributed by atoms with Crippen LogP contribution in [-0.2, 0) is 0 Å². The van der Waals surface area contributed by atoms with Crippen molar-refractivity contribution in [2.24, 2.45) is 0 Å². The molecule has 2 aromatic rings. The van der Waals surface area contributed by atoms with E-state index < -0.39 is 0 Å². The van der Waals surface area contributed by atoms with E-state index in [4.69, 9.17) is 0 Å². The zero-order valence-corrected chi connectivity index (χ0v) is 10.2. The lowest BCUT2D eigenvalue weighted by molar-refractivity contribution is 0.617. The summed E-state index contributed by atoms with van der Waals surface area (Å²) < 4.78 is 8.31. The van der Waals surface area contributed by atoms with Gasteiger partial charge in [0.2, 0.25) is 0 Å². The molecule has 0 amide bonds. The van der Waals surface area contributed by atoms with Crippen molar-refractivity contribution < 1.29 is 0 Å². The van der Waals surface area contributed by atoms with Crippen LogP contribution in [0.15, 0.2) is 24.5 Å². The Morgan fingerprint density at radius 1 is 1.38 bits per heavy atom. The van der Waals surface area contributed by atoms with Crippen molar-refractivity contribution in [2.45, 2.75) is 19.9 Å². The Bertz CT molecular complexity index is 424. The Hall–Kier alpha value is -1.33. The topological polar surface area (TPSA) is 50.7 Å². The highest BCUT2D eigenvalue weighted by molar-refractivity contribution is 6.99. The van der Waals surface area contributed by atoms with Crippen LogP contribution in [0.5, 0.6) is 0 Å². The fraction of sp³-hybridized carbons (Fsp3) is 0.364. The molecule has 0 bridgehead atoms. The second kappa shape index (κ2) is 5.14. The second-order valence-corrected chi connectivity index (χ2v) is 4.11. The van der Waals surface area contributed by atoms with Crippen molar-refractivity contribution in [3.63, 3.8) is 0 Å². The zero-order valence-electron chi connectivity index (χ0n) is 9.34. The molecule has 0 aliphatic rings. The molecule has 4 nitrogen and oxygen atoms in total. The minimum Gasteiger partial charge on any atom is -0.305 e. The van der Waals surface area contributed by atoms with Crippen molar-refractivity contribution in [3.05, 3.63) is 41.5 Å². The van der Waals surface area contributed by atoms with Gasteiger partial charge >= 0.3 is 0 Å². The van der Waals surface area contributed by atoms with Gasteiger partial charge in [-0.25, -0.2) is 0 Å². The molecule has 5 heteroatoms. The standard InChI is InChI=1S/C11H14N4S/c1-3-12-11(10-7-14-16-15-10)9-5-4-8(2)13-6-9/h4-7,11-12H,3H2,1-2H3. The van der Waals surface area contributed by atoms with Gasteiger partial charge in [0, 0.05) is 11.9 Å². The summed E-state index contributed by atoms with van der Waals surface area (Å²) in [6.07, 6.45) is 3.69. The lowest BCUT2D eigenvalue weighted by Crippen LogP contribution is -2.22. The van der Waals surface area contributed by atoms with Gasteiger partial charge in [0.05, 0.1) is 29.7 Å². The largest absolute Gasteiger partial charge is 0.305 e. The van der Waals surface area contributed by atoms with Gasteiger partial charge < -0.3 is 5.32 Å². The van der Waals surface area contributed by atoms with Crippen LogP contribution in [0.2, 0.25) is 0 Å². The third-order valence-corrected chi connectivity index (χ3v) is 2.84. The van der Waals surface area contributed by atoms with E-state index in [1.807, 2.05) is 19.2 Å². The van der Waals surface area contributed by atoms with Crippen LogP contribution in [0.25, 0.3) is 0 Å². The molecule has 84 valence electrons. The normalized spacial score (nSPS) is 12.6. The highest BCUT2D eigenvalue weighted by atomic mass is 32.1.